The van der Waals surface area contributed by atoms with Gasteiger partial charge in [0.2, 0.25) is 0 Å². The summed E-state index contributed by atoms with van der Waals surface area (Å²) in [6.07, 6.45) is 1.51. The predicted octanol–water partition coefficient (Wildman–Crippen LogP) is 6.80. The molecule has 1 N–H and O–H groups in total. The average Bonchev–Trinajstić information content (AvgIpc) is 2.83. The Labute approximate surface area is 228 Å². The van der Waals surface area contributed by atoms with Crippen LogP contribution in [0.5, 0.6) is 11.5 Å². The van der Waals surface area contributed by atoms with Gasteiger partial charge in [0.15, 0.2) is 11.5 Å². The lowest BCUT2D eigenvalue weighted by atomic mass is 10.1. The Kier molecular flexibility index (Phi) is 9.26. The molecule has 0 aliphatic carbocycles. The number of anilines is 2. The van der Waals surface area contributed by atoms with E-state index >= 15 is 0 Å². The Balaban J connectivity index is 1.79. The monoisotopic (exact) mass is 621 g/mol. The number of carbonyl (C=O) groups excluding carboxylic acids is 1. The maximum atomic E-state index is 12.7. The lowest BCUT2D eigenvalue weighted by Crippen LogP contribution is -2.14. The third-order valence-corrected chi connectivity index (χ3v) is 6.48. The van der Waals surface area contributed by atoms with Crippen molar-refractivity contribution in [2.45, 2.75) is 6.61 Å². The molecule has 0 bridgehead atoms. The molecule has 0 fully saturated rings. The van der Waals surface area contributed by atoms with E-state index in [1.165, 1.54) is 13.2 Å². The smallest absolute Gasteiger partial charge is 0.266 e. The van der Waals surface area contributed by atoms with Crippen LogP contribution in [0, 0.1) is 14.9 Å². The second kappa shape index (κ2) is 12.2. The van der Waals surface area contributed by atoms with Gasteiger partial charge in [-0.2, -0.15) is 5.26 Å². The highest BCUT2D eigenvalue weighted by Crippen LogP contribution is 2.35. The van der Waals surface area contributed by atoms with Crippen LogP contribution in [0.25, 0.3) is 6.08 Å². The maximum absolute atomic E-state index is 12.7. The summed E-state index contributed by atoms with van der Waals surface area (Å²) in [5.74, 6) is 0.513. The molecule has 3 aromatic rings. The van der Waals surface area contributed by atoms with Gasteiger partial charge in [0, 0.05) is 25.5 Å². The Bertz CT molecular complexity index is 1300. The molecule has 3 aromatic carbocycles. The summed E-state index contributed by atoms with van der Waals surface area (Å²) in [6.45, 7) is 0.261. The first kappa shape index (κ1) is 26.7. The van der Waals surface area contributed by atoms with E-state index in [0.29, 0.717) is 32.8 Å². The van der Waals surface area contributed by atoms with Crippen LogP contribution in [-0.2, 0) is 11.4 Å². The number of ether oxygens (including phenoxy) is 2. The van der Waals surface area contributed by atoms with E-state index in [9.17, 15) is 10.1 Å². The molecule has 0 atom stereocenters. The zero-order valence-corrected chi connectivity index (χ0v) is 22.9. The molecule has 0 heterocycles. The Morgan fingerprint density at radius 3 is 2.43 bits per heavy atom. The molecule has 0 saturated carbocycles. The van der Waals surface area contributed by atoms with E-state index in [2.05, 4.69) is 27.9 Å². The molecule has 0 unspecified atom stereocenters. The minimum atomic E-state index is -0.501. The van der Waals surface area contributed by atoms with E-state index in [1.54, 1.807) is 30.3 Å². The first-order chi connectivity index (χ1) is 16.7. The van der Waals surface area contributed by atoms with E-state index in [-0.39, 0.29) is 12.2 Å². The largest absolute Gasteiger partial charge is 0.493 e. The summed E-state index contributed by atoms with van der Waals surface area (Å²) in [5, 5.41) is 13.3. The van der Waals surface area contributed by atoms with Gasteiger partial charge in [-0.3, -0.25) is 4.79 Å². The van der Waals surface area contributed by atoms with E-state index in [4.69, 9.17) is 32.7 Å². The minimum Gasteiger partial charge on any atom is -0.493 e. The highest BCUT2D eigenvalue weighted by molar-refractivity contribution is 14.1. The van der Waals surface area contributed by atoms with Gasteiger partial charge in [0.25, 0.3) is 5.91 Å². The summed E-state index contributed by atoms with van der Waals surface area (Å²) >= 11 is 14.2. The van der Waals surface area contributed by atoms with Crippen molar-refractivity contribution in [3.05, 3.63) is 84.9 Å². The van der Waals surface area contributed by atoms with Crippen LogP contribution >= 0.6 is 45.8 Å². The third kappa shape index (κ3) is 7.04. The number of amides is 1. The second-order valence-corrected chi connectivity index (χ2v) is 9.61. The fourth-order valence-electron chi connectivity index (χ4n) is 3.10. The molecule has 0 radical (unpaired) electrons. The second-order valence-electron chi connectivity index (χ2n) is 7.64. The van der Waals surface area contributed by atoms with Crippen molar-refractivity contribution in [2.24, 2.45) is 0 Å². The predicted molar refractivity (Wildman–Crippen MR) is 149 cm³/mol. The van der Waals surface area contributed by atoms with Crippen molar-refractivity contribution in [1.82, 2.24) is 0 Å². The Morgan fingerprint density at radius 2 is 1.83 bits per heavy atom. The van der Waals surface area contributed by atoms with Gasteiger partial charge in [-0.15, -0.1) is 0 Å². The highest BCUT2D eigenvalue weighted by Gasteiger charge is 2.15. The molecular formula is C26H22Cl2IN3O3. The Morgan fingerprint density at radius 1 is 1.11 bits per heavy atom. The summed E-state index contributed by atoms with van der Waals surface area (Å²) in [6, 6.07) is 18.1. The summed E-state index contributed by atoms with van der Waals surface area (Å²) in [7, 11) is 5.40. The van der Waals surface area contributed by atoms with E-state index in [1.807, 2.05) is 49.3 Å². The third-order valence-electron chi connectivity index (χ3n) is 4.94. The fourth-order valence-corrected chi connectivity index (χ4v) is 4.21. The number of rotatable bonds is 8. The van der Waals surface area contributed by atoms with Crippen LogP contribution in [-0.4, -0.2) is 27.1 Å². The number of hydrogen-bond donors (Lipinski definition) is 1. The van der Waals surface area contributed by atoms with Crippen LogP contribution in [0.4, 0.5) is 11.4 Å². The Hall–Kier alpha value is -2.93. The standard InChI is InChI=1S/C26H22Cl2IN3O3/c1-32(2)20-7-5-19(6-8-20)31-26(33)18(14-30)10-17-12-23(29)25(24(13-17)34-3)35-15-16-4-9-21(27)22(28)11-16/h4-13H,15H2,1-3H3,(H,31,33)/b18-10-. The number of carbonyl (C=O) groups is 1. The molecule has 0 spiro atoms. The molecule has 1 amide bonds. The number of nitrogens with zero attached hydrogens (tertiary/aromatic N) is 2. The zero-order chi connectivity index (χ0) is 25.5. The summed E-state index contributed by atoms with van der Waals surface area (Å²) < 4.78 is 12.2. The van der Waals surface area contributed by atoms with Gasteiger partial charge in [-0.25, -0.2) is 0 Å². The number of hydrogen-bond acceptors (Lipinski definition) is 5. The van der Waals surface area contributed by atoms with Crippen molar-refractivity contribution < 1.29 is 14.3 Å². The van der Waals surface area contributed by atoms with Crippen molar-refractivity contribution >= 4 is 69.2 Å². The van der Waals surface area contributed by atoms with Crippen LogP contribution < -0.4 is 19.7 Å². The zero-order valence-electron chi connectivity index (χ0n) is 19.2. The topological polar surface area (TPSA) is 74.6 Å². The lowest BCUT2D eigenvalue weighted by Gasteiger charge is -2.14. The number of nitriles is 1. The van der Waals surface area contributed by atoms with Crippen molar-refractivity contribution in [2.75, 3.05) is 31.4 Å². The van der Waals surface area contributed by atoms with Crippen LogP contribution in [0.1, 0.15) is 11.1 Å². The fraction of sp³-hybridized carbons (Fsp3) is 0.154. The molecule has 6 nitrogen and oxygen atoms in total. The van der Waals surface area contributed by atoms with Gasteiger partial charge >= 0.3 is 0 Å². The molecule has 35 heavy (non-hydrogen) atoms. The van der Waals surface area contributed by atoms with Crippen molar-refractivity contribution in [1.29, 1.82) is 5.26 Å². The molecule has 180 valence electrons. The molecule has 0 aliphatic rings. The molecule has 3 rings (SSSR count). The molecule has 0 saturated heterocycles. The lowest BCUT2D eigenvalue weighted by molar-refractivity contribution is -0.112. The van der Waals surface area contributed by atoms with Crippen LogP contribution in [0.15, 0.2) is 60.2 Å². The minimum absolute atomic E-state index is 0.0380. The molecule has 0 aliphatic heterocycles. The van der Waals surface area contributed by atoms with Gasteiger partial charge in [-0.05, 0) is 88.3 Å². The van der Waals surface area contributed by atoms with Gasteiger partial charge in [-0.1, -0.05) is 29.3 Å². The highest BCUT2D eigenvalue weighted by atomic mass is 127. The average molecular weight is 622 g/mol. The number of methoxy groups -OCH3 is 1. The van der Waals surface area contributed by atoms with Crippen LogP contribution in [0.2, 0.25) is 10.0 Å². The molecule has 0 aromatic heterocycles. The maximum Gasteiger partial charge on any atom is 0.266 e. The van der Waals surface area contributed by atoms with E-state index in [0.717, 1.165) is 14.8 Å². The number of nitrogens with one attached hydrogen (secondary N) is 1. The number of benzene rings is 3. The first-order valence-corrected chi connectivity index (χ1v) is 12.2. The molecular weight excluding hydrogens is 600 g/mol. The summed E-state index contributed by atoms with van der Waals surface area (Å²) in [5.41, 5.74) is 3.04. The SMILES string of the molecule is COc1cc(/C=C(/C#N)C(=O)Nc2ccc(N(C)C)cc2)cc(I)c1OCc1ccc(Cl)c(Cl)c1. The quantitative estimate of drug-likeness (QED) is 0.170. The normalized spacial score (nSPS) is 10.9. The van der Waals surface area contributed by atoms with Gasteiger partial charge in [0.05, 0.1) is 20.7 Å². The number of halogens is 3. The molecule has 9 heteroatoms. The van der Waals surface area contributed by atoms with Crippen LogP contribution in [0.3, 0.4) is 0 Å². The van der Waals surface area contributed by atoms with Gasteiger partial charge in [0.1, 0.15) is 18.2 Å². The first-order valence-electron chi connectivity index (χ1n) is 10.4. The van der Waals surface area contributed by atoms with Gasteiger partial charge < -0.3 is 19.7 Å². The van der Waals surface area contributed by atoms with Crippen molar-refractivity contribution in [3.8, 4) is 17.6 Å². The summed E-state index contributed by atoms with van der Waals surface area (Å²) in [4.78, 5) is 14.7. The van der Waals surface area contributed by atoms with E-state index < -0.39 is 5.91 Å². The van der Waals surface area contributed by atoms with Crippen molar-refractivity contribution in [3.63, 3.8) is 0 Å².